The highest BCUT2D eigenvalue weighted by Crippen LogP contribution is 2.34. The summed E-state index contributed by atoms with van der Waals surface area (Å²) in [5, 5.41) is 0.695. The van der Waals surface area contributed by atoms with Crippen molar-refractivity contribution in [1.29, 1.82) is 4.78 Å². The Labute approximate surface area is 151 Å². The molecule has 0 radical (unpaired) electrons. The van der Waals surface area contributed by atoms with Crippen molar-refractivity contribution in [3.05, 3.63) is 48.3 Å². The van der Waals surface area contributed by atoms with Crippen molar-refractivity contribution in [2.45, 2.75) is 11.5 Å². The summed E-state index contributed by atoms with van der Waals surface area (Å²) in [6, 6.07) is 10.5. The number of hydrogen-bond donors (Lipinski definition) is 1. The van der Waals surface area contributed by atoms with Crippen LogP contribution in [0, 0.1) is 4.78 Å². The number of ether oxygens (including phenoxy) is 3. The molecule has 26 heavy (non-hydrogen) atoms. The summed E-state index contributed by atoms with van der Waals surface area (Å²) in [5.74, 6) is 1.54. The van der Waals surface area contributed by atoms with Crippen LogP contribution in [0.2, 0.25) is 0 Å². The Morgan fingerprint density at radius 2 is 1.81 bits per heavy atom. The van der Waals surface area contributed by atoms with Gasteiger partial charge in [-0.2, -0.15) is 0 Å². The standard InChI is InChI=1S/C18H19N3O4S/c1-23-16-8-14-15(9-17(16)24-2)20-11-21-18(14)25-10-12-5-4-6-13(7-12)26(3,19)22/h4-9,11,19H,10H2,1-3H3. The third-order valence-corrected chi connectivity index (χ3v) is 4.98. The fourth-order valence-corrected chi connectivity index (χ4v) is 3.22. The van der Waals surface area contributed by atoms with E-state index in [0.29, 0.717) is 33.2 Å². The van der Waals surface area contributed by atoms with Gasteiger partial charge in [-0.3, -0.25) is 0 Å². The van der Waals surface area contributed by atoms with Gasteiger partial charge in [0.2, 0.25) is 5.88 Å². The molecule has 1 unspecified atom stereocenters. The molecule has 3 rings (SSSR count). The molecule has 136 valence electrons. The van der Waals surface area contributed by atoms with Gasteiger partial charge in [0.15, 0.2) is 11.5 Å². The topological polar surface area (TPSA) is 94.4 Å². The monoisotopic (exact) mass is 373 g/mol. The summed E-state index contributed by atoms with van der Waals surface area (Å²) >= 11 is 0. The van der Waals surface area contributed by atoms with Gasteiger partial charge in [-0.05, 0) is 23.8 Å². The minimum atomic E-state index is -2.77. The number of nitrogens with one attached hydrogen (secondary N) is 1. The van der Waals surface area contributed by atoms with Crippen molar-refractivity contribution in [3.8, 4) is 17.4 Å². The lowest BCUT2D eigenvalue weighted by Crippen LogP contribution is -2.01. The normalized spacial score (nSPS) is 13.2. The van der Waals surface area contributed by atoms with Crippen LogP contribution in [0.1, 0.15) is 5.56 Å². The molecule has 2 aromatic carbocycles. The second kappa shape index (κ2) is 7.17. The lowest BCUT2D eigenvalue weighted by Gasteiger charge is -2.12. The highest BCUT2D eigenvalue weighted by molar-refractivity contribution is 7.91. The van der Waals surface area contributed by atoms with Crippen molar-refractivity contribution in [2.75, 3.05) is 20.5 Å². The molecule has 1 N–H and O–H groups in total. The van der Waals surface area contributed by atoms with E-state index in [-0.39, 0.29) is 6.61 Å². The molecule has 0 saturated heterocycles. The van der Waals surface area contributed by atoms with E-state index in [4.69, 9.17) is 19.0 Å². The molecule has 1 heterocycles. The number of aromatic nitrogens is 2. The maximum Gasteiger partial charge on any atom is 0.224 e. The second-order valence-corrected chi connectivity index (χ2v) is 7.84. The molecule has 0 fully saturated rings. The predicted molar refractivity (Wildman–Crippen MR) is 98.5 cm³/mol. The number of nitrogens with zero attached hydrogens (tertiary/aromatic N) is 2. The third kappa shape index (κ3) is 3.70. The van der Waals surface area contributed by atoms with Crippen molar-refractivity contribution in [3.63, 3.8) is 0 Å². The Kier molecular flexibility index (Phi) is 4.94. The number of rotatable bonds is 6. The van der Waals surface area contributed by atoms with Gasteiger partial charge < -0.3 is 14.2 Å². The molecule has 0 aliphatic rings. The van der Waals surface area contributed by atoms with E-state index in [1.54, 1.807) is 44.6 Å². The van der Waals surface area contributed by atoms with Crippen LogP contribution in [-0.2, 0) is 16.3 Å². The Bertz CT molecular complexity index is 1050. The van der Waals surface area contributed by atoms with Crippen LogP contribution in [0.3, 0.4) is 0 Å². The van der Waals surface area contributed by atoms with Crippen molar-refractivity contribution in [1.82, 2.24) is 9.97 Å². The van der Waals surface area contributed by atoms with E-state index in [1.165, 1.54) is 12.6 Å². The van der Waals surface area contributed by atoms with Gasteiger partial charge >= 0.3 is 0 Å². The average Bonchev–Trinajstić information content (AvgIpc) is 2.64. The molecule has 0 saturated carbocycles. The van der Waals surface area contributed by atoms with Crippen molar-refractivity contribution >= 4 is 20.6 Å². The first-order valence-corrected chi connectivity index (χ1v) is 9.71. The maximum atomic E-state index is 11.9. The smallest absolute Gasteiger partial charge is 0.224 e. The average molecular weight is 373 g/mol. The zero-order chi connectivity index (χ0) is 18.7. The van der Waals surface area contributed by atoms with Crippen LogP contribution in [0.4, 0.5) is 0 Å². The van der Waals surface area contributed by atoms with E-state index >= 15 is 0 Å². The molecule has 0 spiro atoms. The summed E-state index contributed by atoms with van der Waals surface area (Å²) < 4.78 is 36.1. The summed E-state index contributed by atoms with van der Waals surface area (Å²) in [4.78, 5) is 8.91. The number of methoxy groups -OCH3 is 2. The molecule has 0 bridgehead atoms. The minimum Gasteiger partial charge on any atom is -0.493 e. The molecule has 1 atom stereocenters. The van der Waals surface area contributed by atoms with Crippen LogP contribution < -0.4 is 14.2 Å². The molecule has 0 aliphatic heterocycles. The van der Waals surface area contributed by atoms with Crippen LogP contribution in [0.25, 0.3) is 10.9 Å². The lowest BCUT2D eigenvalue weighted by molar-refractivity contribution is 0.297. The van der Waals surface area contributed by atoms with Gasteiger partial charge in [0, 0.05) is 17.2 Å². The fourth-order valence-electron chi connectivity index (χ4n) is 2.50. The number of fused-ring (bicyclic) bond motifs is 1. The summed E-state index contributed by atoms with van der Waals surface area (Å²) in [7, 11) is 0.350. The first kappa shape index (κ1) is 17.9. The van der Waals surface area contributed by atoms with E-state index in [2.05, 4.69) is 9.97 Å². The van der Waals surface area contributed by atoms with Gasteiger partial charge in [-0.15, -0.1) is 0 Å². The number of hydrogen-bond acceptors (Lipinski definition) is 7. The largest absolute Gasteiger partial charge is 0.493 e. The maximum absolute atomic E-state index is 11.9. The molecule has 3 aromatic rings. The predicted octanol–water partition coefficient (Wildman–Crippen LogP) is 3.26. The Morgan fingerprint density at radius 1 is 1.08 bits per heavy atom. The molecule has 8 heteroatoms. The minimum absolute atomic E-state index is 0.226. The molecule has 1 aromatic heterocycles. The molecule has 0 aliphatic carbocycles. The van der Waals surface area contributed by atoms with E-state index < -0.39 is 9.73 Å². The van der Waals surface area contributed by atoms with Gasteiger partial charge in [0.25, 0.3) is 0 Å². The molecule has 7 nitrogen and oxygen atoms in total. The Morgan fingerprint density at radius 3 is 2.50 bits per heavy atom. The highest BCUT2D eigenvalue weighted by Gasteiger charge is 2.12. The lowest BCUT2D eigenvalue weighted by atomic mass is 10.2. The fraction of sp³-hybridized carbons (Fsp3) is 0.222. The second-order valence-electron chi connectivity index (χ2n) is 5.68. The molecule has 0 amide bonds. The summed E-state index contributed by atoms with van der Waals surface area (Å²) in [5.41, 5.74) is 1.47. The quantitative estimate of drug-likeness (QED) is 0.713. The Hall–Kier alpha value is -2.87. The van der Waals surface area contributed by atoms with Crippen LogP contribution in [0.15, 0.2) is 47.6 Å². The van der Waals surface area contributed by atoms with E-state index in [1.807, 2.05) is 6.07 Å². The third-order valence-electron chi connectivity index (χ3n) is 3.83. The first-order valence-electron chi connectivity index (χ1n) is 7.74. The van der Waals surface area contributed by atoms with Crippen LogP contribution in [-0.4, -0.2) is 34.7 Å². The van der Waals surface area contributed by atoms with Gasteiger partial charge in [0.05, 0.1) is 34.9 Å². The van der Waals surface area contributed by atoms with Crippen LogP contribution in [0.5, 0.6) is 17.4 Å². The van der Waals surface area contributed by atoms with Gasteiger partial charge in [0.1, 0.15) is 12.9 Å². The summed E-state index contributed by atoms with van der Waals surface area (Å²) in [6.07, 6.45) is 2.81. The van der Waals surface area contributed by atoms with Crippen molar-refractivity contribution < 1.29 is 18.4 Å². The van der Waals surface area contributed by atoms with Crippen LogP contribution >= 0.6 is 0 Å². The molecular formula is C18H19N3O4S. The van der Waals surface area contributed by atoms with Gasteiger partial charge in [-0.25, -0.2) is 19.0 Å². The van der Waals surface area contributed by atoms with E-state index in [9.17, 15) is 4.21 Å². The highest BCUT2D eigenvalue weighted by atomic mass is 32.2. The zero-order valence-corrected chi connectivity index (χ0v) is 15.5. The number of benzene rings is 2. The zero-order valence-electron chi connectivity index (χ0n) is 14.7. The SMILES string of the molecule is COc1cc2ncnc(OCc3cccc(S(C)(=N)=O)c3)c2cc1OC. The summed E-state index contributed by atoms with van der Waals surface area (Å²) in [6.45, 7) is 0.226. The molecular weight excluding hydrogens is 354 g/mol. The Balaban J connectivity index is 1.92. The van der Waals surface area contributed by atoms with E-state index in [0.717, 1.165) is 5.56 Å². The van der Waals surface area contributed by atoms with Gasteiger partial charge in [-0.1, -0.05) is 12.1 Å². The van der Waals surface area contributed by atoms with Crippen molar-refractivity contribution in [2.24, 2.45) is 0 Å². The first-order chi connectivity index (χ1) is 12.4.